The molecule has 2 rings (SSSR count). The van der Waals surface area contributed by atoms with E-state index >= 15 is 0 Å². The largest absolute Gasteiger partial charge is 0.458 e. The molecule has 0 bridgehead atoms. The van der Waals surface area contributed by atoms with E-state index in [1.807, 2.05) is 0 Å². The Balaban J connectivity index is 1.93. The summed E-state index contributed by atoms with van der Waals surface area (Å²) in [6.45, 7) is 1.78. The second-order valence-corrected chi connectivity index (χ2v) is 4.31. The molecule has 2 aromatic rings. The zero-order valence-electron chi connectivity index (χ0n) is 10.5. The van der Waals surface area contributed by atoms with Gasteiger partial charge in [-0.05, 0) is 6.92 Å². The molecule has 19 heavy (non-hydrogen) atoms. The summed E-state index contributed by atoms with van der Waals surface area (Å²) in [5, 5.41) is 8.41. The quantitative estimate of drug-likeness (QED) is 0.810. The van der Waals surface area contributed by atoms with Crippen LogP contribution in [0.15, 0.2) is 6.33 Å². The van der Waals surface area contributed by atoms with Crippen molar-refractivity contribution in [2.75, 3.05) is 5.73 Å². The Morgan fingerprint density at radius 1 is 1.53 bits per heavy atom. The number of aryl methyl sites for hydroxylation is 2. The molecular formula is C10H13ClN6O2. The molecule has 0 atom stereocenters. The smallest absolute Gasteiger partial charge is 0.328 e. The number of nitrogen functional groups attached to an aromatic ring is 1. The third-order valence-corrected chi connectivity index (χ3v) is 2.97. The van der Waals surface area contributed by atoms with Crippen LogP contribution in [0.3, 0.4) is 0 Å². The fourth-order valence-corrected chi connectivity index (χ4v) is 1.76. The van der Waals surface area contributed by atoms with Gasteiger partial charge in [-0.3, -0.25) is 9.48 Å². The maximum absolute atomic E-state index is 11.6. The second-order valence-electron chi connectivity index (χ2n) is 3.93. The zero-order valence-corrected chi connectivity index (χ0v) is 11.3. The summed E-state index contributed by atoms with van der Waals surface area (Å²) in [7, 11) is 1.74. The van der Waals surface area contributed by atoms with E-state index in [2.05, 4.69) is 15.2 Å². The Kier molecular flexibility index (Phi) is 3.70. The molecule has 0 saturated heterocycles. The number of ether oxygens (including phenoxy) is 1. The summed E-state index contributed by atoms with van der Waals surface area (Å²) in [5.74, 6) is -0.349. The topological polar surface area (TPSA) is 101 Å². The molecule has 2 N–H and O–H groups in total. The molecule has 8 nitrogen and oxygen atoms in total. The first-order chi connectivity index (χ1) is 8.97. The van der Waals surface area contributed by atoms with E-state index in [-0.39, 0.29) is 19.1 Å². The Hall–Kier alpha value is -2.09. The number of anilines is 1. The van der Waals surface area contributed by atoms with Crippen molar-refractivity contribution in [3.8, 4) is 0 Å². The van der Waals surface area contributed by atoms with Crippen molar-refractivity contribution in [1.29, 1.82) is 0 Å². The molecule has 102 valence electrons. The minimum absolute atomic E-state index is 0.0547. The molecule has 0 unspecified atom stereocenters. The van der Waals surface area contributed by atoms with Gasteiger partial charge >= 0.3 is 5.97 Å². The minimum atomic E-state index is -0.459. The third-order valence-electron chi connectivity index (χ3n) is 2.48. The van der Waals surface area contributed by atoms with Gasteiger partial charge in [0, 0.05) is 7.05 Å². The predicted octanol–water partition coefficient (Wildman–Crippen LogP) is 0.299. The van der Waals surface area contributed by atoms with Crippen molar-refractivity contribution in [2.45, 2.75) is 20.1 Å². The Morgan fingerprint density at radius 3 is 2.79 bits per heavy atom. The number of nitrogens with zero attached hydrogens (tertiary/aromatic N) is 5. The molecule has 0 aliphatic heterocycles. The van der Waals surface area contributed by atoms with Crippen LogP contribution in [0.1, 0.15) is 11.4 Å². The second kappa shape index (κ2) is 5.27. The van der Waals surface area contributed by atoms with Crippen molar-refractivity contribution in [1.82, 2.24) is 24.5 Å². The molecule has 0 aliphatic carbocycles. The number of carbonyl (C=O) groups excluding carboxylic acids is 1. The van der Waals surface area contributed by atoms with Crippen LogP contribution in [0.2, 0.25) is 5.02 Å². The number of halogens is 1. The molecule has 0 saturated carbocycles. The minimum Gasteiger partial charge on any atom is -0.458 e. The van der Waals surface area contributed by atoms with Gasteiger partial charge in [0.1, 0.15) is 19.5 Å². The summed E-state index contributed by atoms with van der Waals surface area (Å²) in [6, 6.07) is 0. The molecular weight excluding hydrogens is 272 g/mol. The number of hydrogen-bond donors (Lipinski definition) is 1. The van der Waals surface area contributed by atoms with Gasteiger partial charge in [0.25, 0.3) is 0 Å². The lowest BCUT2D eigenvalue weighted by atomic mass is 10.4. The first-order valence-corrected chi connectivity index (χ1v) is 5.83. The summed E-state index contributed by atoms with van der Waals surface area (Å²) < 4.78 is 7.98. The first kappa shape index (κ1) is 13.3. The average Bonchev–Trinajstić information content (AvgIpc) is 2.83. The molecule has 0 fully saturated rings. The summed E-state index contributed by atoms with van der Waals surface area (Å²) >= 11 is 6.04. The molecule has 0 aromatic carbocycles. The van der Waals surface area contributed by atoms with Gasteiger partial charge in [-0.2, -0.15) is 5.10 Å². The maximum Gasteiger partial charge on any atom is 0.328 e. The number of aromatic nitrogens is 5. The van der Waals surface area contributed by atoms with E-state index in [1.54, 1.807) is 18.7 Å². The van der Waals surface area contributed by atoms with Gasteiger partial charge in [-0.25, -0.2) is 9.67 Å². The van der Waals surface area contributed by atoms with Gasteiger partial charge in [0.2, 0.25) is 5.95 Å². The number of nitrogens with two attached hydrogens (primary N) is 1. The number of carbonyl (C=O) groups is 1. The van der Waals surface area contributed by atoms with Gasteiger partial charge in [0.15, 0.2) is 0 Å². The van der Waals surface area contributed by atoms with Crippen molar-refractivity contribution < 1.29 is 9.53 Å². The van der Waals surface area contributed by atoms with Gasteiger partial charge in [0.05, 0.1) is 16.4 Å². The van der Waals surface area contributed by atoms with Crippen LogP contribution in [0.4, 0.5) is 5.95 Å². The maximum atomic E-state index is 11.6. The van der Waals surface area contributed by atoms with Crippen LogP contribution in [0.25, 0.3) is 0 Å². The highest BCUT2D eigenvalue weighted by Crippen LogP contribution is 2.19. The number of hydrogen-bond acceptors (Lipinski definition) is 6. The van der Waals surface area contributed by atoms with Crippen LogP contribution in [0, 0.1) is 6.92 Å². The summed E-state index contributed by atoms with van der Waals surface area (Å²) in [6.07, 6.45) is 1.36. The number of esters is 1. The molecule has 0 amide bonds. The lowest BCUT2D eigenvalue weighted by Crippen LogP contribution is -2.15. The fraction of sp³-hybridized carbons (Fsp3) is 0.400. The first-order valence-electron chi connectivity index (χ1n) is 5.46. The SMILES string of the molecule is Cc1nn(C)c(COC(=O)Cn2cnc(N)n2)c1Cl. The molecule has 9 heteroatoms. The van der Waals surface area contributed by atoms with Crippen molar-refractivity contribution in [3.05, 3.63) is 22.7 Å². The lowest BCUT2D eigenvalue weighted by Gasteiger charge is -2.05. The molecule has 0 radical (unpaired) electrons. The van der Waals surface area contributed by atoms with E-state index in [9.17, 15) is 4.79 Å². The molecule has 0 spiro atoms. The van der Waals surface area contributed by atoms with Gasteiger partial charge in [-0.15, -0.1) is 5.10 Å². The van der Waals surface area contributed by atoms with Gasteiger partial charge in [-0.1, -0.05) is 11.6 Å². The highest BCUT2D eigenvalue weighted by atomic mass is 35.5. The van der Waals surface area contributed by atoms with E-state index in [4.69, 9.17) is 22.1 Å². The van der Waals surface area contributed by atoms with Crippen LogP contribution in [0.5, 0.6) is 0 Å². The zero-order chi connectivity index (χ0) is 14.0. The highest BCUT2D eigenvalue weighted by molar-refractivity contribution is 6.31. The van der Waals surface area contributed by atoms with Crippen LogP contribution >= 0.6 is 11.6 Å². The molecule has 2 aromatic heterocycles. The number of rotatable bonds is 4. The third kappa shape index (κ3) is 3.02. The Morgan fingerprint density at radius 2 is 2.26 bits per heavy atom. The normalized spacial score (nSPS) is 10.7. The Labute approximate surface area is 114 Å². The van der Waals surface area contributed by atoms with Gasteiger partial charge < -0.3 is 10.5 Å². The highest BCUT2D eigenvalue weighted by Gasteiger charge is 2.13. The van der Waals surface area contributed by atoms with E-state index < -0.39 is 5.97 Å². The predicted molar refractivity (Wildman–Crippen MR) is 67.2 cm³/mol. The molecule has 2 heterocycles. The average molecular weight is 285 g/mol. The molecule has 0 aliphatic rings. The Bertz CT molecular complexity index is 605. The van der Waals surface area contributed by atoms with Crippen molar-refractivity contribution >= 4 is 23.5 Å². The van der Waals surface area contributed by atoms with E-state index in [0.29, 0.717) is 16.4 Å². The lowest BCUT2D eigenvalue weighted by molar-refractivity contribution is -0.146. The van der Waals surface area contributed by atoms with E-state index in [0.717, 1.165) is 0 Å². The summed E-state index contributed by atoms with van der Waals surface area (Å²) in [5.41, 5.74) is 6.68. The van der Waals surface area contributed by atoms with Crippen LogP contribution in [-0.4, -0.2) is 30.5 Å². The monoisotopic (exact) mass is 284 g/mol. The fourth-order valence-electron chi connectivity index (χ4n) is 1.55. The van der Waals surface area contributed by atoms with Crippen LogP contribution < -0.4 is 5.73 Å². The standard InChI is InChI=1S/C10H13ClN6O2/c1-6-9(11)7(16(2)14-6)4-19-8(18)3-17-5-13-10(12)15-17/h5H,3-4H2,1-2H3,(H2,12,15). The van der Waals surface area contributed by atoms with E-state index in [1.165, 1.54) is 11.0 Å². The van der Waals surface area contributed by atoms with Crippen molar-refractivity contribution in [3.63, 3.8) is 0 Å². The van der Waals surface area contributed by atoms with Crippen molar-refractivity contribution in [2.24, 2.45) is 7.05 Å². The summed E-state index contributed by atoms with van der Waals surface area (Å²) in [4.78, 5) is 15.3. The van der Waals surface area contributed by atoms with Crippen LogP contribution in [-0.2, 0) is 29.7 Å².